The van der Waals surface area contributed by atoms with E-state index in [1.807, 2.05) is 18.2 Å². The number of amides is 1. The van der Waals surface area contributed by atoms with Crippen molar-refractivity contribution >= 4 is 44.8 Å². The highest BCUT2D eigenvalue weighted by molar-refractivity contribution is 9.10. The second-order valence-corrected chi connectivity index (χ2v) is 7.55. The molecule has 1 aliphatic carbocycles. The van der Waals surface area contributed by atoms with Crippen LogP contribution in [0.4, 0.5) is 0 Å². The number of amidine groups is 1. The molecule has 7 heteroatoms. The van der Waals surface area contributed by atoms with Crippen molar-refractivity contribution in [1.82, 2.24) is 5.32 Å². The zero-order chi connectivity index (χ0) is 17.1. The molecule has 1 saturated carbocycles. The van der Waals surface area contributed by atoms with E-state index in [-0.39, 0.29) is 5.91 Å². The third-order valence-corrected chi connectivity index (χ3v) is 5.68. The topological polar surface area (TPSA) is 59.9 Å². The van der Waals surface area contributed by atoms with Crippen LogP contribution in [0.5, 0.6) is 11.5 Å². The predicted octanol–water partition coefficient (Wildman–Crippen LogP) is 3.97. The van der Waals surface area contributed by atoms with Crippen molar-refractivity contribution in [3.8, 4) is 11.5 Å². The van der Waals surface area contributed by atoms with Gasteiger partial charge in [0.1, 0.15) is 0 Å². The molecule has 1 aromatic carbocycles. The van der Waals surface area contributed by atoms with Crippen molar-refractivity contribution < 1.29 is 14.3 Å². The summed E-state index contributed by atoms with van der Waals surface area (Å²) in [7, 11) is 3.18. The van der Waals surface area contributed by atoms with Gasteiger partial charge < -0.3 is 14.8 Å². The van der Waals surface area contributed by atoms with Crippen LogP contribution in [0, 0.1) is 0 Å². The number of hydrogen-bond acceptors (Lipinski definition) is 5. The molecule has 2 fully saturated rings. The SMILES string of the molecule is COc1cc(Br)c(/C=C2/SC(=NC3CCCC3)NC2=O)cc1OC. The van der Waals surface area contributed by atoms with E-state index in [1.165, 1.54) is 24.6 Å². The molecule has 2 aliphatic rings. The summed E-state index contributed by atoms with van der Waals surface area (Å²) in [6.45, 7) is 0. The molecular formula is C17H19BrN2O3S. The number of aliphatic imine (C=N–C) groups is 1. The van der Waals surface area contributed by atoms with Gasteiger partial charge in [0.15, 0.2) is 16.7 Å². The Hall–Kier alpha value is -1.47. The summed E-state index contributed by atoms with van der Waals surface area (Å²) in [5.74, 6) is 1.15. The highest BCUT2D eigenvalue weighted by Crippen LogP contribution is 2.36. The van der Waals surface area contributed by atoms with Gasteiger partial charge in [0.05, 0.1) is 25.2 Å². The third-order valence-electron chi connectivity index (χ3n) is 4.06. The molecule has 0 atom stereocenters. The number of nitrogens with zero attached hydrogens (tertiary/aromatic N) is 1. The molecule has 1 aromatic rings. The Morgan fingerprint density at radius 2 is 1.92 bits per heavy atom. The van der Waals surface area contributed by atoms with E-state index in [9.17, 15) is 4.79 Å². The van der Waals surface area contributed by atoms with Crippen molar-refractivity contribution in [1.29, 1.82) is 0 Å². The summed E-state index contributed by atoms with van der Waals surface area (Å²) in [5, 5.41) is 3.56. The van der Waals surface area contributed by atoms with Crippen LogP contribution in [0.25, 0.3) is 6.08 Å². The van der Waals surface area contributed by atoms with Crippen LogP contribution >= 0.6 is 27.7 Å². The fraction of sp³-hybridized carbons (Fsp3) is 0.412. The normalized spacial score (nSPS) is 21.5. The lowest BCUT2D eigenvalue weighted by Crippen LogP contribution is -2.21. The quantitative estimate of drug-likeness (QED) is 0.762. The lowest BCUT2D eigenvalue weighted by Gasteiger charge is -2.10. The zero-order valence-corrected chi connectivity index (χ0v) is 16.0. The van der Waals surface area contributed by atoms with Crippen molar-refractivity contribution in [2.75, 3.05) is 14.2 Å². The van der Waals surface area contributed by atoms with Gasteiger partial charge in [0.25, 0.3) is 5.91 Å². The number of carbonyl (C=O) groups excluding carboxylic acids is 1. The van der Waals surface area contributed by atoms with Gasteiger partial charge >= 0.3 is 0 Å². The molecule has 3 rings (SSSR count). The molecule has 128 valence electrons. The first-order chi connectivity index (χ1) is 11.6. The van der Waals surface area contributed by atoms with E-state index >= 15 is 0 Å². The van der Waals surface area contributed by atoms with Gasteiger partial charge in [-0.2, -0.15) is 0 Å². The van der Waals surface area contributed by atoms with Crippen molar-refractivity contribution in [3.05, 3.63) is 27.1 Å². The maximum absolute atomic E-state index is 12.2. The molecule has 1 amide bonds. The van der Waals surface area contributed by atoms with Crippen LogP contribution in [0.2, 0.25) is 0 Å². The Kier molecular flexibility index (Phi) is 5.50. The average Bonchev–Trinajstić information content (AvgIpc) is 3.19. The van der Waals surface area contributed by atoms with Crippen molar-refractivity contribution in [2.45, 2.75) is 31.7 Å². The van der Waals surface area contributed by atoms with Crippen LogP contribution in [0.3, 0.4) is 0 Å². The first kappa shape index (κ1) is 17.4. The molecule has 24 heavy (non-hydrogen) atoms. The van der Waals surface area contributed by atoms with E-state index in [4.69, 9.17) is 9.47 Å². The number of nitrogens with one attached hydrogen (secondary N) is 1. The Bertz CT molecular complexity index is 712. The van der Waals surface area contributed by atoms with Gasteiger partial charge in [-0.1, -0.05) is 28.8 Å². The lowest BCUT2D eigenvalue weighted by molar-refractivity contribution is -0.115. The number of ether oxygens (including phenoxy) is 2. The number of thioether (sulfide) groups is 1. The number of rotatable bonds is 4. The maximum Gasteiger partial charge on any atom is 0.264 e. The second-order valence-electron chi connectivity index (χ2n) is 5.67. The van der Waals surface area contributed by atoms with Crippen LogP contribution in [0.15, 0.2) is 26.5 Å². The monoisotopic (exact) mass is 410 g/mol. The number of hydrogen-bond donors (Lipinski definition) is 1. The Balaban J connectivity index is 1.84. The average molecular weight is 411 g/mol. The summed E-state index contributed by atoms with van der Waals surface area (Å²) < 4.78 is 11.4. The number of halogens is 1. The molecule has 5 nitrogen and oxygen atoms in total. The van der Waals surface area contributed by atoms with Crippen molar-refractivity contribution in [3.63, 3.8) is 0 Å². The fourth-order valence-corrected chi connectivity index (χ4v) is 4.13. The van der Waals surface area contributed by atoms with Gasteiger partial charge in [-0.25, -0.2) is 0 Å². The molecule has 0 unspecified atom stereocenters. The van der Waals surface area contributed by atoms with Gasteiger partial charge in [-0.05, 0) is 48.4 Å². The van der Waals surface area contributed by atoms with Gasteiger partial charge in [-0.15, -0.1) is 0 Å². The summed E-state index contributed by atoms with van der Waals surface area (Å²) in [4.78, 5) is 17.5. The van der Waals surface area contributed by atoms with E-state index in [0.29, 0.717) is 27.6 Å². The number of benzene rings is 1. The first-order valence-corrected chi connectivity index (χ1v) is 9.42. The largest absolute Gasteiger partial charge is 0.493 e. The summed E-state index contributed by atoms with van der Waals surface area (Å²) >= 11 is 4.90. The van der Waals surface area contributed by atoms with Crippen LogP contribution in [-0.4, -0.2) is 31.3 Å². The Morgan fingerprint density at radius 3 is 2.58 bits per heavy atom. The van der Waals surface area contributed by atoms with Crippen LogP contribution in [-0.2, 0) is 4.79 Å². The highest BCUT2D eigenvalue weighted by Gasteiger charge is 2.26. The summed E-state index contributed by atoms with van der Waals surface area (Å²) in [6.07, 6.45) is 6.51. The fourth-order valence-electron chi connectivity index (χ4n) is 2.81. The second kappa shape index (κ2) is 7.61. The smallest absolute Gasteiger partial charge is 0.264 e. The van der Waals surface area contributed by atoms with Gasteiger partial charge in [0, 0.05) is 4.47 Å². The maximum atomic E-state index is 12.2. The van der Waals surface area contributed by atoms with E-state index in [0.717, 1.165) is 22.9 Å². The lowest BCUT2D eigenvalue weighted by atomic mass is 10.2. The standard InChI is InChI=1S/C17H19BrN2O3S/c1-22-13-7-10(12(18)9-14(13)23-2)8-15-16(21)20-17(24-15)19-11-5-3-4-6-11/h7-9,11H,3-6H2,1-2H3,(H,19,20,21)/b15-8+. The first-order valence-electron chi connectivity index (χ1n) is 7.81. The minimum Gasteiger partial charge on any atom is -0.493 e. The summed E-state index contributed by atoms with van der Waals surface area (Å²) in [5.41, 5.74) is 0.854. The van der Waals surface area contributed by atoms with Crippen LogP contribution in [0.1, 0.15) is 31.2 Å². The van der Waals surface area contributed by atoms with Gasteiger partial charge in [0.2, 0.25) is 0 Å². The molecule has 1 aliphatic heterocycles. The molecule has 0 aromatic heterocycles. The molecule has 0 radical (unpaired) electrons. The van der Waals surface area contributed by atoms with E-state index in [1.54, 1.807) is 14.2 Å². The zero-order valence-electron chi connectivity index (χ0n) is 13.6. The van der Waals surface area contributed by atoms with Gasteiger partial charge in [-0.3, -0.25) is 9.79 Å². The van der Waals surface area contributed by atoms with E-state index in [2.05, 4.69) is 26.2 Å². The Labute approximate surface area is 154 Å². The Morgan fingerprint density at radius 1 is 1.25 bits per heavy atom. The van der Waals surface area contributed by atoms with Crippen LogP contribution < -0.4 is 14.8 Å². The highest BCUT2D eigenvalue weighted by atomic mass is 79.9. The number of methoxy groups -OCH3 is 2. The summed E-state index contributed by atoms with van der Waals surface area (Å²) in [6, 6.07) is 4.02. The minimum absolute atomic E-state index is 0.113. The van der Waals surface area contributed by atoms with E-state index < -0.39 is 0 Å². The third kappa shape index (κ3) is 3.78. The molecule has 1 N–H and O–H groups in total. The molecular weight excluding hydrogens is 392 g/mol. The van der Waals surface area contributed by atoms with Crippen molar-refractivity contribution in [2.24, 2.45) is 4.99 Å². The molecule has 0 bridgehead atoms. The molecule has 1 saturated heterocycles. The number of carbonyl (C=O) groups is 1. The molecule has 1 heterocycles. The minimum atomic E-state index is -0.113. The predicted molar refractivity (Wildman–Crippen MR) is 101 cm³/mol. The molecule has 0 spiro atoms.